The van der Waals surface area contributed by atoms with Crippen LogP contribution in [0.15, 0.2) is 18.2 Å². The topological polar surface area (TPSA) is 92.4 Å². The quantitative estimate of drug-likeness (QED) is 0.742. The van der Waals surface area contributed by atoms with Crippen molar-refractivity contribution >= 4 is 17.6 Å². The number of aryl methyl sites for hydroxylation is 1. The average molecular weight is 250 g/mol. The first-order valence-electron chi connectivity index (χ1n) is 5.86. The van der Waals surface area contributed by atoms with Crippen molar-refractivity contribution in [1.82, 2.24) is 0 Å². The van der Waals surface area contributed by atoms with E-state index in [0.717, 1.165) is 12.0 Å². The molecule has 0 bridgehead atoms. The maximum Gasteiger partial charge on any atom is 0.335 e. The van der Waals surface area contributed by atoms with E-state index in [-0.39, 0.29) is 11.5 Å². The summed E-state index contributed by atoms with van der Waals surface area (Å²) in [4.78, 5) is 22.6. The molecule has 1 unspecified atom stereocenters. The molecule has 5 nitrogen and oxygen atoms in total. The molecule has 0 aliphatic heterocycles. The molecule has 0 fully saturated rings. The van der Waals surface area contributed by atoms with E-state index in [2.05, 4.69) is 5.32 Å². The second-order valence-electron chi connectivity index (χ2n) is 4.22. The molecule has 4 N–H and O–H groups in total. The molecule has 1 rings (SSSR count). The number of carboxylic acid groups (broad SMARTS) is 1. The van der Waals surface area contributed by atoms with E-state index < -0.39 is 12.0 Å². The van der Waals surface area contributed by atoms with E-state index in [1.807, 2.05) is 6.92 Å². The summed E-state index contributed by atoms with van der Waals surface area (Å²) >= 11 is 0. The van der Waals surface area contributed by atoms with Crippen LogP contribution in [0.25, 0.3) is 0 Å². The Hall–Kier alpha value is -1.88. The molecule has 0 saturated heterocycles. The van der Waals surface area contributed by atoms with Crippen molar-refractivity contribution in [3.8, 4) is 0 Å². The number of benzene rings is 1. The lowest BCUT2D eigenvalue weighted by atomic mass is 10.1. The highest BCUT2D eigenvalue weighted by Gasteiger charge is 2.14. The lowest BCUT2D eigenvalue weighted by Gasteiger charge is -2.13. The monoisotopic (exact) mass is 250 g/mol. The van der Waals surface area contributed by atoms with Crippen molar-refractivity contribution in [3.05, 3.63) is 29.3 Å². The molecule has 18 heavy (non-hydrogen) atoms. The van der Waals surface area contributed by atoms with Crippen molar-refractivity contribution in [1.29, 1.82) is 0 Å². The number of anilines is 1. The van der Waals surface area contributed by atoms with Crippen LogP contribution in [0, 0.1) is 6.92 Å². The van der Waals surface area contributed by atoms with Crippen molar-refractivity contribution in [2.75, 3.05) is 5.32 Å². The van der Waals surface area contributed by atoms with Crippen molar-refractivity contribution < 1.29 is 14.7 Å². The molecule has 0 aliphatic rings. The number of amides is 1. The standard InChI is InChI=1S/C13H18N2O3/c1-3-4-10(14)12(16)15-11-7-9(13(17)18)6-5-8(11)2/h5-7,10H,3-4,14H2,1-2H3,(H,15,16)(H,17,18). The normalized spacial score (nSPS) is 11.9. The second-order valence-corrected chi connectivity index (χ2v) is 4.22. The molecule has 0 saturated carbocycles. The smallest absolute Gasteiger partial charge is 0.335 e. The highest BCUT2D eigenvalue weighted by atomic mass is 16.4. The van der Waals surface area contributed by atoms with Gasteiger partial charge >= 0.3 is 5.97 Å². The highest BCUT2D eigenvalue weighted by molar-refractivity contribution is 5.97. The SMILES string of the molecule is CCCC(N)C(=O)Nc1cc(C(=O)O)ccc1C. The van der Waals surface area contributed by atoms with E-state index in [9.17, 15) is 9.59 Å². The summed E-state index contributed by atoms with van der Waals surface area (Å²) in [6.07, 6.45) is 1.42. The minimum absolute atomic E-state index is 0.139. The van der Waals surface area contributed by atoms with Crippen LogP contribution >= 0.6 is 0 Å². The Morgan fingerprint density at radius 3 is 2.67 bits per heavy atom. The van der Waals surface area contributed by atoms with Gasteiger partial charge in [-0.1, -0.05) is 19.4 Å². The summed E-state index contributed by atoms with van der Waals surface area (Å²) < 4.78 is 0. The van der Waals surface area contributed by atoms with Crippen LogP contribution in [0.4, 0.5) is 5.69 Å². The molecule has 0 aliphatic carbocycles. The Morgan fingerprint density at radius 2 is 2.11 bits per heavy atom. The minimum atomic E-state index is -1.02. The molecule has 1 atom stereocenters. The minimum Gasteiger partial charge on any atom is -0.478 e. The predicted octanol–water partition coefficient (Wildman–Crippen LogP) is 1.76. The van der Waals surface area contributed by atoms with E-state index in [4.69, 9.17) is 10.8 Å². The Bertz CT molecular complexity index is 458. The molecule has 0 heterocycles. The fourth-order valence-electron chi connectivity index (χ4n) is 1.56. The average Bonchev–Trinajstić information content (AvgIpc) is 2.31. The van der Waals surface area contributed by atoms with Gasteiger partial charge in [0.2, 0.25) is 5.91 Å². The van der Waals surface area contributed by atoms with E-state index in [1.165, 1.54) is 12.1 Å². The number of nitrogens with two attached hydrogens (primary N) is 1. The van der Waals surface area contributed by atoms with Crippen LogP contribution in [-0.2, 0) is 4.79 Å². The fraction of sp³-hybridized carbons (Fsp3) is 0.385. The summed E-state index contributed by atoms with van der Waals surface area (Å²) in [5.74, 6) is -1.31. The summed E-state index contributed by atoms with van der Waals surface area (Å²) in [7, 11) is 0. The van der Waals surface area contributed by atoms with Gasteiger partial charge in [0.1, 0.15) is 0 Å². The Labute approximate surface area is 106 Å². The first kappa shape index (κ1) is 14.2. The van der Waals surface area contributed by atoms with Crippen molar-refractivity contribution in [2.45, 2.75) is 32.7 Å². The van der Waals surface area contributed by atoms with Gasteiger partial charge in [0.05, 0.1) is 11.6 Å². The number of nitrogens with one attached hydrogen (secondary N) is 1. The van der Waals surface area contributed by atoms with E-state index in [0.29, 0.717) is 12.1 Å². The lowest BCUT2D eigenvalue weighted by molar-refractivity contribution is -0.117. The maximum atomic E-state index is 11.8. The summed E-state index contributed by atoms with van der Waals surface area (Å²) in [6, 6.07) is 4.03. The second kappa shape index (κ2) is 6.16. The van der Waals surface area contributed by atoms with Crippen LogP contribution in [0.3, 0.4) is 0 Å². The van der Waals surface area contributed by atoms with Gasteiger partial charge in [-0.05, 0) is 31.0 Å². The molecule has 98 valence electrons. The third-order valence-electron chi connectivity index (χ3n) is 2.68. The number of carbonyl (C=O) groups excluding carboxylic acids is 1. The zero-order chi connectivity index (χ0) is 13.7. The first-order valence-corrected chi connectivity index (χ1v) is 5.86. The van der Waals surface area contributed by atoms with Gasteiger partial charge in [-0.25, -0.2) is 4.79 Å². The third-order valence-corrected chi connectivity index (χ3v) is 2.68. The molecule has 1 aromatic rings. The van der Waals surface area contributed by atoms with Gasteiger partial charge in [-0.15, -0.1) is 0 Å². The highest BCUT2D eigenvalue weighted by Crippen LogP contribution is 2.17. The Kier molecular flexibility index (Phi) is 4.85. The zero-order valence-electron chi connectivity index (χ0n) is 10.6. The number of carboxylic acids is 1. The molecule has 0 aromatic heterocycles. The van der Waals surface area contributed by atoms with Gasteiger partial charge in [0.25, 0.3) is 0 Å². The van der Waals surface area contributed by atoms with E-state index >= 15 is 0 Å². The summed E-state index contributed by atoms with van der Waals surface area (Å²) in [5, 5.41) is 11.6. The van der Waals surface area contributed by atoms with Gasteiger partial charge in [-0.2, -0.15) is 0 Å². The zero-order valence-corrected chi connectivity index (χ0v) is 10.6. The maximum absolute atomic E-state index is 11.8. The number of aromatic carboxylic acids is 1. The summed E-state index contributed by atoms with van der Waals surface area (Å²) in [5.41, 5.74) is 7.13. The van der Waals surface area contributed by atoms with E-state index in [1.54, 1.807) is 13.0 Å². The largest absolute Gasteiger partial charge is 0.478 e. The van der Waals surface area contributed by atoms with Crippen LogP contribution in [0.2, 0.25) is 0 Å². The number of hydrogen-bond acceptors (Lipinski definition) is 3. The van der Waals surface area contributed by atoms with Gasteiger partial charge in [-0.3, -0.25) is 4.79 Å². The molecule has 1 amide bonds. The van der Waals surface area contributed by atoms with Crippen LogP contribution in [-0.4, -0.2) is 23.0 Å². The van der Waals surface area contributed by atoms with Crippen LogP contribution < -0.4 is 11.1 Å². The number of hydrogen-bond donors (Lipinski definition) is 3. The lowest BCUT2D eigenvalue weighted by Crippen LogP contribution is -2.35. The van der Waals surface area contributed by atoms with Crippen molar-refractivity contribution in [2.24, 2.45) is 5.73 Å². The fourth-order valence-corrected chi connectivity index (χ4v) is 1.56. The predicted molar refractivity (Wildman–Crippen MR) is 69.7 cm³/mol. The summed E-state index contributed by atoms with van der Waals surface area (Å²) in [6.45, 7) is 3.75. The molecular weight excluding hydrogens is 232 g/mol. The molecule has 0 radical (unpaired) electrons. The number of rotatable bonds is 5. The third kappa shape index (κ3) is 3.56. The first-order chi connectivity index (χ1) is 8.45. The van der Waals surface area contributed by atoms with Crippen LogP contribution in [0.1, 0.15) is 35.7 Å². The molecule has 5 heteroatoms. The van der Waals surface area contributed by atoms with Gasteiger partial charge < -0.3 is 16.2 Å². The van der Waals surface area contributed by atoms with Gasteiger partial charge in [0.15, 0.2) is 0 Å². The molecule has 1 aromatic carbocycles. The van der Waals surface area contributed by atoms with Crippen molar-refractivity contribution in [3.63, 3.8) is 0 Å². The van der Waals surface area contributed by atoms with Crippen LogP contribution in [0.5, 0.6) is 0 Å². The number of carbonyl (C=O) groups is 2. The Balaban J connectivity index is 2.86. The molecular formula is C13H18N2O3. The Morgan fingerprint density at radius 1 is 1.44 bits per heavy atom. The van der Waals surface area contributed by atoms with Gasteiger partial charge in [0, 0.05) is 5.69 Å². The molecule has 0 spiro atoms.